The van der Waals surface area contributed by atoms with Gasteiger partial charge in [-0.15, -0.1) is 0 Å². The van der Waals surface area contributed by atoms with Crippen LogP contribution in [-0.2, 0) is 11.8 Å². The van der Waals surface area contributed by atoms with Gasteiger partial charge in [0.2, 0.25) is 5.91 Å². The second-order valence-corrected chi connectivity index (χ2v) is 5.34. The van der Waals surface area contributed by atoms with E-state index in [-0.39, 0.29) is 17.5 Å². The predicted octanol–water partition coefficient (Wildman–Crippen LogP) is 1.23. The summed E-state index contributed by atoms with van der Waals surface area (Å²) in [6, 6.07) is 1.50. The SMILES string of the molecule is Cn1cc(NC(=O)C2CCCCN2)cc(Br)c1=O. The molecule has 0 bridgehead atoms. The van der Waals surface area contributed by atoms with Gasteiger partial charge in [0.25, 0.3) is 5.56 Å². The number of hydrogen-bond donors (Lipinski definition) is 2. The van der Waals surface area contributed by atoms with Gasteiger partial charge in [-0.3, -0.25) is 9.59 Å². The summed E-state index contributed by atoms with van der Waals surface area (Å²) >= 11 is 3.18. The summed E-state index contributed by atoms with van der Waals surface area (Å²) in [6.45, 7) is 0.884. The van der Waals surface area contributed by atoms with Gasteiger partial charge in [-0.1, -0.05) is 6.42 Å². The van der Waals surface area contributed by atoms with E-state index >= 15 is 0 Å². The van der Waals surface area contributed by atoms with E-state index in [1.165, 1.54) is 4.57 Å². The van der Waals surface area contributed by atoms with Crippen LogP contribution in [0.3, 0.4) is 0 Å². The van der Waals surface area contributed by atoms with Crippen molar-refractivity contribution in [1.29, 1.82) is 0 Å². The lowest BCUT2D eigenvalue weighted by Gasteiger charge is -2.22. The number of hydrogen-bond acceptors (Lipinski definition) is 3. The molecule has 1 unspecified atom stereocenters. The van der Waals surface area contributed by atoms with Crippen LogP contribution in [0.25, 0.3) is 0 Å². The number of piperidine rings is 1. The first kappa shape index (κ1) is 13.3. The molecule has 2 heterocycles. The summed E-state index contributed by atoms with van der Waals surface area (Å²) in [4.78, 5) is 23.5. The Kier molecular flexibility index (Phi) is 4.19. The van der Waals surface area contributed by atoms with Crippen molar-refractivity contribution < 1.29 is 4.79 Å². The van der Waals surface area contributed by atoms with Crippen LogP contribution in [0.15, 0.2) is 21.5 Å². The fourth-order valence-corrected chi connectivity index (χ4v) is 2.57. The van der Waals surface area contributed by atoms with Crippen molar-refractivity contribution in [2.75, 3.05) is 11.9 Å². The van der Waals surface area contributed by atoms with Crippen LogP contribution in [0, 0.1) is 0 Å². The second-order valence-electron chi connectivity index (χ2n) is 4.48. The Labute approximate surface area is 114 Å². The van der Waals surface area contributed by atoms with Crippen LogP contribution in [0.1, 0.15) is 19.3 Å². The van der Waals surface area contributed by atoms with Crippen molar-refractivity contribution in [3.8, 4) is 0 Å². The summed E-state index contributed by atoms with van der Waals surface area (Å²) in [6.07, 6.45) is 4.67. The molecular weight excluding hydrogens is 298 g/mol. The lowest BCUT2D eigenvalue weighted by molar-refractivity contribution is -0.118. The molecule has 1 saturated heterocycles. The van der Waals surface area contributed by atoms with Crippen molar-refractivity contribution in [3.63, 3.8) is 0 Å². The molecule has 1 atom stereocenters. The van der Waals surface area contributed by atoms with E-state index in [4.69, 9.17) is 0 Å². The molecule has 0 aliphatic carbocycles. The molecule has 1 amide bonds. The van der Waals surface area contributed by atoms with Gasteiger partial charge >= 0.3 is 0 Å². The van der Waals surface area contributed by atoms with Crippen molar-refractivity contribution in [3.05, 3.63) is 27.1 Å². The van der Waals surface area contributed by atoms with Gasteiger partial charge in [0, 0.05) is 13.2 Å². The number of anilines is 1. The lowest BCUT2D eigenvalue weighted by Crippen LogP contribution is -2.43. The Morgan fingerprint density at radius 2 is 2.33 bits per heavy atom. The molecule has 18 heavy (non-hydrogen) atoms. The number of halogens is 1. The number of nitrogens with one attached hydrogen (secondary N) is 2. The third-order valence-electron chi connectivity index (χ3n) is 3.03. The number of aromatic nitrogens is 1. The Hall–Kier alpha value is -1.14. The molecule has 1 aliphatic heterocycles. The smallest absolute Gasteiger partial charge is 0.264 e. The fraction of sp³-hybridized carbons (Fsp3) is 0.500. The molecule has 1 aliphatic rings. The van der Waals surface area contributed by atoms with Crippen molar-refractivity contribution in [1.82, 2.24) is 9.88 Å². The molecule has 0 saturated carbocycles. The number of carbonyl (C=O) groups excluding carboxylic acids is 1. The van der Waals surface area contributed by atoms with Crippen LogP contribution in [0.5, 0.6) is 0 Å². The van der Waals surface area contributed by atoms with Gasteiger partial charge in [-0.25, -0.2) is 0 Å². The minimum atomic E-state index is -0.130. The first-order valence-corrected chi connectivity index (χ1v) is 6.77. The highest BCUT2D eigenvalue weighted by atomic mass is 79.9. The van der Waals surface area contributed by atoms with E-state index in [0.29, 0.717) is 10.2 Å². The average molecular weight is 314 g/mol. The Morgan fingerprint density at radius 1 is 1.56 bits per heavy atom. The molecule has 1 fully saturated rings. The molecule has 1 aromatic heterocycles. The zero-order chi connectivity index (χ0) is 13.1. The fourth-order valence-electron chi connectivity index (χ4n) is 2.04. The van der Waals surface area contributed by atoms with Crippen LogP contribution in [0.4, 0.5) is 5.69 Å². The molecule has 2 N–H and O–H groups in total. The Bertz CT molecular complexity index is 480. The zero-order valence-corrected chi connectivity index (χ0v) is 11.8. The molecule has 98 valence electrons. The van der Waals surface area contributed by atoms with E-state index in [9.17, 15) is 9.59 Å². The first-order valence-electron chi connectivity index (χ1n) is 5.98. The summed E-state index contributed by atoms with van der Waals surface area (Å²) in [5, 5.41) is 6.02. The molecule has 0 radical (unpaired) electrons. The summed E-state index contributed by atoms with van der Waals surface area (Å²) < 4.78 is 1.88. The van der Waals surface area contributed by atoms with Gasteiger partial charge < -0.3 is 15.2 Å². The Balaban J connectivity index is 2.09. The number of carbonyl (C=O) groups is 1. The third-order valence-corrected chi connectivity index (χ3v) is 3.60. The zero-order valence-electron chi connectivity index (χ0n) is 10.2. The van der Waals surface area contributed by atoms with Crippen LogP contribution in [0.2, 0.25) is 0 Å². The Morgan fingerprint density at radius 3 is 2.94 bits per heavy atom. The number of pyridine rings is 1. The average Bonchev–Trinajstić information content (AvgIpc) is 2.37. The minimum absolute atomic E-state index is 0.0414. The third kappa shape index (κ3) is 3.00. The van der Waals surface area contributed by atoms with Gasteiger partial charge in [0.05, 0.1) is 16.2 Å². The van der Waals surface area contributed by atoms with Crippen LogP contribution in [-0.4, -0.2) is 23.1 Å². The summed E-state index contributed by atoms with van der Waals surface area (Å²) in [7, 11) is 1.65. The van der Waals surface area contributed by atoms with Gasteiger partial charge in [-0.2, -0.15) is 0 Å². The van der Waals surface area contributed by atoms with Crippen LogP contribution >= 0.6 is 15.9 Å². The van der Waals surface area contributed by atoms with E-state index in [1.54, 1.807) is 19.3 Å². The maximum Gasteiger partial charge on any atom is 0.264 e. The van der Waals surface area contributed by atoms with Crippen molar-refractivity contribution in [2.24, 2.45) is 7.05 Å². The topological polar surface area (TPSA) is 63.1 Å². The number of nitrogens with zero attached hydrogens (tertiary/aromatic N) is 1. The molecule has 6 heteroatoms. The number of rotatable bonds is 2. The second kappa shape index (κ2) is 5.67. The molecule has 1 aromatic rings. The van der Waals surface area contributed by atoms with E-state index < -0.39 is 0 Å². The maximum absolute atomic E-state index is 12.0. The van der Waals surface area contributed by atoms with E-state index in [2.05, 4.69) is 26.6 Å². The van der Waals surface area contributed by atoms with E-state index in [0.717, 1.165) is 25.8 Å². The summed E-state index contributed by atoms with van der Waals surface area (Å²) in [5.74, 6) is -0.0414. The number of amides is 1. The molecule has 0 aromatic carbocycles. The minimum Gasteiger partial charge on any atom is -0.323 e. The van der Waals surface area contributed by atoms with Crippen molar-refractivity contribution in [2.45, 2.75) is 25.3 Å². The maximum atomic E-state index is 12.0. The highest BCUT2D eigenvalue weighted by molar-refractivity contribution is 9.10. The standard InChI is InChI=1S/C12H16BrN3O2/c1-16-7-8(6-9(13)12(16)18)15-11(17)10-4-2-3-5-14-10/h6-7,10,14H,2-5H2,1H3,(H,15,17). The predicted molar refractivity (Wildman–Crippen MR) is 73.7 cm³/mol. The first-order chi connectivity index (χ1) is 8.58. The van der Waals surface area contributed by atoms with Gasteiger partial charge in [0.15, 0.2) is 0 Å². The summed E-state index contributed by atoms with van der Waals surface area (Å²) in [5.41, 5.74) is 0.505. The van der Waals surface area contributed by atoms with Gasteiger partial charge in [0.1, 0.15) is 0 Å². The highest BCUT2D eigenvalue weighted by Crippen LogP contribution is 2.13. The molecule has 2 rings (SSSR count). The van der Waals surface area contributed by atoms with E-state index in [1.807, 2.05) is 0 Å². The number of aryl methyl sites for hydroxylation is 1. The van der Waals surface area contributed by atoms with Crippen molar-refractivity contribution >= 4 is 27.5 Å². The lowest BCUT2D eigenvalue weighted by atomic mass is 10.0. The molecule has 0 spiro atoms. The highest BCUT2D eigenvalue weighted by Gasteiger charge is 2.20. The molecule has 5 nitrogen and oxygen atoms in total. The quantitative estimate of drug-likeness (QED) is 0.863. The normalized spacial score (nSPS) is 19.6. The van der Waals surface area contributed by atoms with Crippen LogP contribution < -0.4 is 16.2 Å². The molecular formula is C12H16BrN3O2. The van der Waals surface area contributed by atoms with Gasteiger partial charge in [-0.05, 0) is 41.4 Å². The largest absolute Gasteiger partial charge is 0.323 e. The monoisotopic (exact) mass is 313 g/mol.